The zero-order valence-electron chi connectivity index (χ0n) is 23.9. The predicted octanol–water partition coefficient (Wildman–Crippen LogP) is 6.97. The molecule has 2 heterocycles. The summed E-state index contributed by atoms with van der Waals surface area (Å²) in [5, 5.41) is 17.8. The van der Waals surface area contributed by atoms with Crippen LogP contribution in [-0.2, 0) is 9.84 Å². The average molecular weight is 685 g/mol. The van der Waals surface area contributed by atoms with Crippen molar-refractivity contribution < 1.29 is 8.42 Å². The number of thiocarbonyl (C=S) groups is 4. The van der Waals surface area contributed by atoms with Crippen LogP contribution in [0.1, 0.15) is 11.1 Å². The summed E-state index contributed by atoms with van der Waals surface area (Å²) >= 11 is 22.4. The largest absolute Gasteiger partial charge is 0.281 e. The molecule has 0 aliphatic carbocycles. The predicted molar refractivity (Wildman–Crippen MR) is 196 cm³/mol. The van der Waals surface area contributed by atoms with Crippen LogP contribution in [-0.4, -0.2) is 40.3 Å². The summed E-state index contributed by atoms with van der Waals surface area (Å²) in [6.45, 7) is 3.96. The quantitative estimate of drug-likeness (QED) is 0.208. The minimum atomic E-state index is -3.89. The van der Waals surface area contributed by atoms with Gasteiger partial charge in [-0.1, -0.05) is 59.8 Å². The van der Waals surface area contributed by atoms with Gasteiger partial charge in [-0.15, -0.1) is 0 Å². The molecule has 6 rings (SSSR count). The van der Waals surface area contributed by atoms with E-state index in [1.165, 1.54) is 34.1 Å². The Bertz CT molecular complexity index is 1900. The van der Waals surface area contributed by atoms with E-state index in [9.17, 15) is 8.42 Å². The zero-order chi connectivity index (χ0) is 32.2. The van der Waals surface area contributed by atoms with Gasteiger partial charge in [-0.05, 0) is 111 Å². The van der Waals surface area contributed by atoms with Gasteiger partial charge >= 0.3 is 0 Å². The summed E-state index contributed by atoms with van der Waals surface area (Å²) in [7, 11) is -3.89. The van der Waals surface area contributed by atoms with E-state index in [4.69, 9.17) is 59.7 Å². The van der Waals surface area contributed by atoms with Gasteiger partial charge in [0.25, 0.3) is 0 Å². The molecule has 0 bridgehead atoms. The maximum Gasteiger partial charge on any atom is 0.206 e. The molecule has 0 unspecified atom stereocenters. The van der Waals surface area contributed by atoms with Crippen LogP contribution in [0.15, 0.2) is 107 Å². The minimum Gasteiger partial charge on any atom is -0.281 e. The van der Waals surface area contributed by atoms with E-state index in [0.29, 0.717) is 21.6 Å². The highest BCUT2D eigenvalue weighted by Crippen LogP contribution is 2.32. The van der Waals surface area contributed by atoms with Gasteiger partial charge in [0.05, 0.1) is 21.2 Å². The Balaban J connectivity index is 1.22. The van der Waals surface area contributed by atoms with Gasteiger partial charge in [0.2, 0.25) is 9.84 Å². The van der Waals surface area contributed by atoms with Crippen molar-refractivity contribution in [3.05, 3.63) is 108 Å². The molecule has 4 aromatic rings. The Morgan fingerprint density at radius 2 is 0.733 bits per heavy atom. The lowest BCUT2D eigenvalue weighted by Crippen LogP contribution is -2.32. The fourth-order valence-corrected chi connectivity index (χ4v) is 7.70. The number of aryl methyl sites for hydroxylation is 2. The van der Waals surface area contributed by atoms with Gasteiger partial charge in [0.15, 0.2) is 31.9 Å². The molecule has 224 valence electrons. The van der Waals surface area contributed by atoms with Crippen LogP contribution in [0.2, 0.25) is 0 Å². The van der Waals surface area contributed by atoms with Crippen molar-refractivity contribution in [3.63, 3.8) is 0 Å². The molecule has 0 aromatic heterocycles. The summed E-state index contributed by atoms with van der Waals surface area (Å²) in [4.78, 5) is 6.99. The number of anilines is 4. The number of hydrogen-bond donors (Lipinski definition) is 2. The van der Waals surface area contributed by atoms with Gasteiger partial charge in [0.1, 0.15) is 0 Å². The number of rotatable bonds is 6. The summed E-state index contributed by atoms with van der Waals surface area (Å²) in [6.07, 6.45) is 0. The first-order valence-electron chi connectivity index (χ1n) is 13.5. The summed E-state index contributed by atoms with van der Waals surface area (Å²) in [6, 6.07) is 27.7. The zero-order valence-corrected chi connectivity index (χ0v) is 28.0. The third-order valence-corrected chi connectivity index (χ3v) is 10.7. The maximum atomic E-state index is 13.6. The number of hydrogen-bond acceptors (Lipinski definition) is 8. The normalized spacial score (nSPS) is 15.6. The van der Waals surface area contributed by atoms with Gasteiger partial charge in [-0.3, -0.25) is 30.4 Å². The second kappa shape index (κ2) is 11.6. The van der Waals surface area contributed by atoms with E-state index in [-0.39, 0.29) is 31.4 Å². The first-order valence-corrected chi connectivity index (χ1v) is 16.6. The number of benzene rings is 4. The summed E-state index contributed by atoms with van der Waals surface area (Å²) in [5.41, 5.74) is 4.71. The Labute approximate surface area is 282 Å². The smallest absolute Gasteiger partial charge is 0.206 e. The molecule has 0 spiro atoms. The van der Waals surface area contributed by atoms with Crippen LogP contribution in [0.4, 0.5) is 22.7 Å². The highest BCUT2D eigenvalue weighted by Gasteiger charge is 2.39. The molecule has 4 aromatic carbocycles. The molecule has 13 heteroatoms. The van der Waals surface area contributed by atoms with Crippen molar-refractivity contribution >= 4 is 113 Å². The molecular weight excluding hydrogens is 661 g/mol. The second-order valence-corrected chi connectivity index (χ2v) is 13.8. The van der Waals surface area contributed by atoms with Crippen LogP contribution in [0.25, 0.3) is 0 Å². The first kappa shape index (κ1) is 30.7. The van der Waals surface area contributed by atoms with Crippen LogP contribution in [0.5, 0.6) is 0 Å². The topological polar surface area (TPSA) is 94.8 Å². The molecule has 2 fully saturated rings. The highest BCUT2D eigenvalue weighted by molar-refractivity contribution is 7.91. The number of sulfone groups is 1. The second-order valence-electron chi connectivity index (χ2n) is 10.4. The Hall–Kier alpha value is -4.27. The summed E-state index contributed by atoms with van der Waals surface area (Å²) in [5.74, 6) is 0.0696. The average Bonchev–Trinajstić information content (AvgIpc) is 3.39. The van der Waals surface area contributed by atoms with E-state index in [1.807, 2.05) is 62.4 Å². The van der Waals surface area contributed by atoms with Crippen molar-refractivity contribution in [2.45, 2.75) is 23.6 Å². The lowest BCUT2D eigenvalue weighted by atomic mass is 10.2. The first-order chi connectivity index (χ1) is 21.4. The van der Waals surface area contributed by atoms with Gasteiger partial charge in [-0.25, -0.2) is 8.42 Å². The van der Waals surface area contributed by atoms with E-state index in [1.54, 1.807) is 34.1 Å². The molecule has 0 atom stereocenters. The van der Waals surface area contributed by atoms with Crippen molar-refractivity contribution in [1.82, 2.24) is 0 Å². The number of amidine groups is 2. The monoisotopic (exact) mass is 684 g/mol. The number of nitrogens with zero attached hydrogens (tertiary/aromatic N) is 4. The van der Waals surface area contributed by atoms with Crippen molar-refractivity contribution in [3.8, 4) is 0 Å². The van der Waals surface area contributed by atoms with Gasteiger partial charge < -0.3 is 0 Å². The number of nitrogens with one attached hydrogen (secondary N) is 2. The van der Waals surface area contributed by atoms with E-state index in [2.05, 4.69) is 0 Å². The fraction of sp³-hybridized carbons (Fsp3) is 0.0625. The standard InChI is InChI=1S/C32H24N6O2S5/c1-19-3-7-23(8-4-19)37-29(41)27(33)35(31(37)43)21-11-15-25(16-12-21)45(39,40)26-17-13-22(14-18-26)36-28(34)30(42)38(32(36)44)24-9-5-20(2)6-10-24/h3-18,33-34H,1-2H3. The molecule has 2 aliphatic heterocycles. The minimum absolute atomic E-state index is 0.0348. The molecule has 2 saturated heterocycles. The molecule has 8 nitrogen and oxygen atoms in total. The van der Waals surface area contributed by atoms with Crippen LogP contribution < -0.4 is 19.6 Å². The Morgan fingerprint density at radius 1 is 0.467 bits per heavy atom. The van der Waals surface area contributed by atoms with Crippen LogP contribution in [0, 0.1) is 24.7 Å². The van der Waals surface area contributed by atoms with Gasteiger partial charge in [-0.2, -0.15) is 0 Å². The van der Waals surface area contributed by atoms with E-state index in [0.717, 1.165) is 22.5 Å². The molecule has 2 N–H and O–H groups in total. The van der Waals surface area contributed by atoms with Crippen LogP contribution in [0.3, 0.4) is 0 Å². The SMILES string of the molecule is Cc1ccc(N2C(=S)C(=N)N(c3ccc(S(=O)(=O)c4ccc(N5C(=N)C(=S)N(c6ccc(C)cc6)C5=S)cc4)cc3)C2=S)cc1. The van der Waals surface area contributed by atoms with E-state index < -0.39 is 9.84 Å². The molecule has 45 heavy (non-hydrogen) atoms. The molecule has 0 saturated carbocycles. The Morgan fingerprint density at radius 3 is 1.04 bits per heavy atom. The molecular formula is C32H24N6O2S5. The van der Waals surface area contributed by atoms with Gasteiger partial charge in [0, 0.05) is 11.4 Å². The Kier molecular flexibility index (Phi) is 7.91. The molecule has 0 radical (unpaired) electrons. The lowest BCUT2D eigenvalue weighted by molar-refractivity contribution is 0.596. The summed E-state index contributed by atoms with van der Waals surface area (Å²) < 4.78 is 27.1. The third-order valence-electron chi connectivity index (χ3n) is 7.42. The van der Waals surface area contributed by atoms with E-state index >= 15 is 0 Å². The maximum absolute atomic E-state index is 13.6. The van der Waals surface area contributed by atoms with Crippen molar-refractivity contribution in [2.24, 2.45) is 0 Å². The highest BCUT2D eigenvalue weighted by atomic mass is 32.2. The molecule has 0 amide bonds. The third kappa shape index (κ3) is 5.26. The fourth-order valence-electron chi connectivity index (χ4n) is 4.98. The van der Waals surface area contributed by atoms with Crippen molar-refractivity contribution in [2.75, 3.05) is 19.6 Å². The lowest BCUT2D eigenvalue weighted by Gasteiger charge is -2.21. The van der Waals surface area contributed by atoms with Crippen LogP contribution >= 0.6 is 48.9 Å². The molecule has 2 aliphatic rings. The van der Waals surface area contributed by atoms with Crippen molar-refractivity contribution in [1.29, 1.82) is 10.8 Å².